The van der Waals surface area contributed by atoms with Crippen molar-refractivity contribution in [3.8, 4) is 11.5 Å². The number of rotatable bonds is 4. The van der Waals surface area contributed by atoms with E-state index in [1.165, 1.54) is 11.3 Å². The first-order chi connectivity index (χ1) is 8.54. The van der Waals surface area contributed by atoms with Crippen LogP contribution in [0.3, 0.4) is 0 Å². The predicted molar refractivity (Wildman–Crippen MR) is 66.6 cm³/mol. The minimum absolute atomic E-state index is 0.0677. The normalized spacial score (nSPS) is 10.2. The standard InChI is InChI=1S/C10H10N4O3S/c11-9(12)14-10-13-6(4-18-10)7-2-1-5(17-7)3-8(15)16/h1-2,4H,3H2,(H,15,16)(H4,11,12,13,14). The van der Waals surface area contributed by atoms with Crippen LogP contribution in [0.15, 0.2) is 26.9 Å². The van der Waals surface area contributed by atoms with E-state index < -0.39 is 5.97 Å². The van der Waals surface area contributed by atoms with Crippen LogP contribution >= 0.6 is 11.3 Å². The molecule has 0 aliphatic carbocycles. The minimum Gasteiger partial charge on any atom is -0.481 e. The Morgan fingerprint density at radius 3 is 2.94 bits per heavy atom. The van der Waals surface area contributed by atoms with E-state index in [0.717, 1.165) is 0 Å². The molecule has 0 aromatic carbocycles. The summed E-state index contributed by atoms with van der Waals surface area (Å²) in [5.41, 5.74) is 11.0. The monoisotopic (exact) mass is 266 g/mol. The van der Waals surface area contributed by atoms with E-state index in [1.807, 2.05) is 0 Å². The van der Waals surface area contributed by atoms with Gasteiger partial charge in [0, 0.05) is 5.38 Å². The topological polar surface area (TPSA) is 128 Å². The number of carboxylic acid groups (broad SMARTS) is 1. The molecule has 8 heteroatoms. The van der Waals surface area contributed by atoms with Gasteiger partial charge in [-0.25, -0.2) is 4.98 Å². The van der Waals surface area contributed by atoms with Crippen LogP contribution in [0.4, 0.5) is 5.13 Å². The SMILES string of the molecule is NC(N)=Nc1nc(-c2ccc(CC(=O)O)o2)cs1. The molecule has 0 aliphatic rings. The van der Waals surface area contributed by atoms with Gasteiger partial charge in [0.2, 0.25) is 5.13 Å². The van der Waals surface area contributed by atoms with E-state index in [0.29, 0.717) is 22.3 Å². The Kier molecular flexibility index (Phi) is 3.28. The molecule has 2 heterocycles. The predicted octanol–water partition coefficient (Wildman–Crippen LogP) is 0.935. The Hall–Kier alpha value is -2.35. The fourth-order valence-corrected chi connectivity index (χ4v) is 1.99. The molecule has 0 saturated carbocycles. The molecular formula is C10H10N4O3S. The number of furan rings is 1. The van der Waals surface area contributed by atoms with Gasteiger partial charge >= 0.3 is 5.97 Å². The number of carboxylic acids is 1. The Balaban J connectivity index is 2.21. The van der Waals surface area contributed by atoms with Gasteiger partial charge in [-0.3, -0.25) is 4.79 Å². The van der Waals surface area contributed by atoms with E-state index in [2.05, 4.69) is 9.98 Å². The molecule has 0 atom stereocenters. The van der Waals surface area contributed by atoms with Gasteiger partial charge in [-0.2, -0.15) is 4.99 Å². The maximum atomic E-state index is 10.5. The first-order valence-corrected chi connectivity index (χ1v) is 5.78. The molecule has 2 aromatic heterocycles. The molecular weight excluding hydrogens is 256 g/mol. The summed E-state index contributed by atoms with van der Waals surface area (Å²) in [4.78, 5) is 18.5. The third-order valence-electron chi connectivity index (χ3n) is 1.96. The number of nitrogens with zero attached hydrogens (tertiary/aromatic N) is 2. The van der Waals surface area contributed by atoms with Crippen molar-refractivity contribution in [2.24, 2.45) is 16.5 Å². The van der Waals surface area contributed by atoms with Gasteiger partial charge in [0.05, 0.1) is 0 Å². The van der Waals surface area contributed by atoms with E-state index in [-0.39, 0.29) is 12.4 Å². The van der Waals surface area contributed by atoms with Gasteiger partial charge in [-0.15, -0.1) is 11.3 Å². The number of hydrogen-bond acceptors (Lipinski definition) is 5. The summed E-state index contributed by atoms with van der Waals surface area (Å²) in [6.45, 7) is 0. The van der Waals surface area contributed by atoms with Gasteiger partial charge < -0.3 is 21.0 Å². The Morgan fingerprint density at radius 2 is 2.28 bits per heavy atom. The number of aliphatic carboxylic acids is 1. The molecule has 0 spiro atoms. The van der Waals surface area contributed by atoms with Crippen molar-refractivity contribution in [1.82, 2.24) is 4.98 Å². The lowest BCUT2D eigenvalue weighted by molar-refractivity contribution is -0.136. The van der Waals surface area contributed by atoms with Crippen molar-refractivity contribution in [3.63, 3.8) is 0 Å². The molecule has 94 valence electrons. The Bertz CT molecular complexity index is 598. The summed E-state index contributed by atoms with van der Waals surface area (Å²) in [6.07, 6.45) is -0.162. The largest absolute Gasteiger partial charge is 0.481 e. The quantitative estimate of drug-likeness (QED) is 0.558. The minimum atomic E-state index is -0.949. The van der Waals surface area contributed by atoms with Crippen molar-refractivity contribution in [3.05, 3.63) is 23.3 Å². The summed E-state index contributed by atoms with van der Waals surface area (Å²) < 4.78 is 5.35. The molecule has 2 aromatic rings. The molecule has 18 heavy (non-hydrogen) atoms. The summed E-state index contributed by atoms with van der Waals surface area (Å²) in [5, 5.41) is 10.8. The lowest BCUT2D eigenvalue weighted by Crippen LogP contribution is -2.21. The number of hydrogen-bond donors (Lipinski definition) is 3. The molecule has 5 N–H and O–H groups in total. The van der Waals surface area contributed by atoms with Crippen LogP contribution in [0.25, 0.3) is 11.5 Å². The van der Waals surface area contributed by atoms with Crippen molar-refractivity contribution < 1.29 is 14.3 Å². The molecule has 7 nitrogen and oxygen atoms in total. The summed E-state index contributed by atoms with van der Waals surface area (Å²) in [5.74, 6) is -0.161. The van der Waals surface area contributed by atoms with Gasteiger partial charge in [-0.1, -0.05) is 0 Å². The van der Waals surface area contributed by atoms with Crippen molar-refractivity contribution in [1.29, 1.82) is 0 Å². The number of guanidine groups is 1. The van der Waals surface area contributed by atoms with Crippen LogP contribution in [-0.2, 0) is 11.2 Å². The molecule has 0 unspecified atom stereocenters. The number of thiazole rings is 1. The van der Waals surface area contributed by atoms with Crippen LogP contribution in [0.2, 0.25) is 0 Å². The highest BCUT2D eigenvalue weighted by Crippen LogP contribution is 2.28. The Morgan fingerprint density at radius 1 is 1.50 bits per heavy atom. The van der Waals surface area contributed by atoms with E-state index >= 15 is 0 Å². The molecule has 0 saturated heterocycles. The van der Waals surface area contributed by atoms with Crippen LogP contribution in [-0.4, -0.2) is 22.0 Å². The maximum Gasteiger partial charge on any atom is 0.311 e. The third-order valence-corrected chi connectivity index (χ3v) is 2.69. The highest BCUT2D eigenvalue weighted by Gasteiger charge is 2.10. The molecule has 0 aliphatic heterocycles. The molecule has 0 amide bonds. The molecule has 0 bridgehead atoms. The van der Waals surface area contributed by atoms with Gasteiger partial charge in [-0.05, 0) is 12.1 Å². The van der Waals surface area contributed by atoms with E-state index in [4.69, 9.17) is 21.0 Å². The number of carbonyl (C=O) groups is 1. The highest BCUT2D eigenvalue weighted by molar-refractivity contribution is 7.13. The summed E-state index contributed by atoms with van der Waals surface area (Å²) in [6, 6.07) is 3.26. The first kappa shape index (κ1) is 12.1. The number of nitrogens with two attached hydrogens (primary N) is 2. The molecule has 0 radical (unpaired) electrons. The molecule has 2 rings (SSSR count). The Labute approximate surface area is 106 Å². The van der Waals surface area contributed by atoms with Gasteiger partial charge in [0.25, 0.3) is 0 Å². The van der Waals surface area contributed by atoms with E-state index in [9.17, 15) is 4.79 Å². The highest BCUT2D eigenvalue weighted by atomic mass is 32.1. The molecule has 0 fully saturated rings. The van der Waals surface area contributed by atoms with Crippen molar-refractivity contribution in [2.75, 3.05) is 0 Å². The van der Waals surface area contributed by atoms with Crippen LogP contribution in [0.5, 0.6) is 0 Å². The third kappa shape index (κ3) is 2.86. The number of aliphatic imine (C=N–C) groups is 1. The lowest BCUT2D eigenvalue weighted by atomic mass is 10.3. The van der Waals surface area contributed by atoms with Crippen molar-refractivity contribution >= 4 is 28.4 Å². The fourth-order valence-electron chi connectivity index (χ4n) is 1.30. The first-order valence-electron chi connectivity index (χ1n) is 4.90. The van der Waals surface area contributed by atoms with E-state index in [1.54, 1.807) is 17.5 Å². The second-order valence-corrected chi connectivity index (χ2v) is 4.23. The maximum absolute atomic E-state index is 10.5. The average molecular weight is 266 g/mol. The number of aromatic nitrogens is 1. The second kappa shape index (κ2) is 4.88. The smallest absolute Gasteiger partial charge is 0.311 e. The van der Waals surface area contributed by atoms with Crippen LogP contribution < -0.4 is 11.5 Å². The summed E-state index contributed by atoms with van der Waals surface area (Å²) >= 11 is 1.26. The zero-order valence-corrected chi connectivity index (χ0v) is 9.98. The van der Waals surface area contributed by atoms with Crippen LogP contribution in [0, 0.1) is 0 Å². The van der Waals surface area contributed by atoms with Crippen molar-refractivity contribution in [2.45, 2.75) is 6.42 Å². The lowest BCUT2D eigenvalue weighted by Gasteiger charge is -1.91. The van der Waals surface area contributed by atoms with Gasteiger partial charge in [0.1, 0.15) is 17.9 Å². The van der Waals surface area contributed by atoms with Gasteiger partial charge in [0.15, 0.2) is 11.7 Å². The van der Waals surface area contributed by atoms with Crippen LogP contribution in [0.1, 0.15) is 5.76 Å². The fraction of sp³-hybridized carbons (Fsp3) is 0.100. The zero-order chi connectivity index (χ0) is 13.1. The average Bonchev–Trinajstić information content (AvgIpc) is 2.85. The second-order valence-electron chi connectivity index (χ2n) is 3.39. The zero-order valence-electron chi connectivity index (χ0n) is 9.16. The summed E-state index contributed by atoms with van der Waals surface area (Å²) in [7, 11) is 0.